The van der Waals surface area contributed by atoms with Crippen LogP contribution in [0.1, 0.15) is 6.42 Å². The summed E-state index contributed by atoms with van der Waals surface area (Å²) in [6.45, 7) is 0.357. The van der Waals surface area contributed by atoms with Gasteiger partial charge in [-0.2, -0.15) is 10.4 Å². The summed E-state index contributed by atoms with van der Waals surface area (Å²) in [4.78, 5) is 10.9. The highest BCUT2D eigenvalue weighted by molar-refractivity contribution is 8.14. The topological polar surface area (TPSA) is 117 Å². The lowest BCUT2D eigenvalue weighted by Crippen LogP contribution is -2.27. The molecule has 0 aromatic rings. The maximum atomic E-state index is 10.9. The van der Waals surface area contributed by atoms with Crippen molar-refractivity contribution in [2.75, 3.05) is 12.3 Å². The zero-order chi connectivity index (χ0) is 10.1. The molecule has 0 radical (unpaired) electrons. The van der Waals surface area contributed by atoms with Gasteiger partial charge in [-0.25, -0.2) is 0 Å². The molecule has 0 aliphatic carbocycles. The van der Waals surface area contributed by atoms with E-state index in [1.807, 2.05) is 6.07 Å². The largest absolute Gasteiger partial charge is 0.377 e. The van der Waals surface area contributed by atoms with Gasteiger partial charge in [-0.1, -0.05) is 11.8 Å². The van der Waals surface area contributed by atoms with Gasteiger partial charge in [-0.3, -0.25) is 4.79 Å². The fourth-order valence-electron chi connectivity index (χ4n) is 0.486. The third-order valence-electron chi connectivity index (χ3n) is 1.04. The van der Waals surface area contributed by atoms with Crippen molar-refractivity contribution in [2.24, 2.45) is 16.7 Å². The minimum Gasteiger partial charge on any atom is -0.377 e. The predicted octanol–water partition coefficient (Wildman–Crippen LogP) is -1.06. The van der Waals surface area contributed by atoms with Gasteiger partial charge in [0, 0.05) is 6.54 Å². The van der Waals surface area contributed by atoms with Gasteiger partial charge >= 0.3 is 0 Å². The lowest BCUT2D eigenvalue weighted by atomic mass is 10.4. The Kier molecular flexibility index (Phi) is 6.45. The summed E-state index contributed by atoms with van der Waals surface area (Å²) in [6.07, 6.45) is 0.302. The Hall–Kier alpha value is -1.42. The molecule has 0 heterocycles. The molecule has 0 bridgehead atoms. The van der Waals surface area contributed by atoms with E-state index >= 15 is 0 Å². The van der Waals surface area contributed by atoms with Crippen LogP contribution < -0.4 is 16.9 Å². The minimum atomic E-state index is -0.188. The lowest BCUT2D eigenvalue weighted by Gasteiger charge is -2.00. The first-order chi connectivity index (χ1) is 6.20. The Morgan fingerprint density at radius 1 is 1.69 bits per heavy atom. The van der Waals surface area contributed by atoms with Crippen molar-refractivity contribution in [2.45, 2.75) is 6.42 Å². The average Bonchev–Trinajstić information content (AvgIpc) is 2.14. The zero-order valence-corrected chi connectivity index (χ0v) is 7.80. The van der Waals surface area contributed by atoms with E-state index in [4.69, 9.17) is 16.8 Å². The van der Waals surface area contributed by atoms with E-state index in [0.29, 0.717) is 13.0 Å². The van der Waals surface area contributed by atoms with E-state index < -0.39 is 0 Å². The molecule has 0 spiro atoms. The Balaban J connectivity index is 3.47. The lowest BCUT2D eigenvalue weighted by molar-refractivity contribution is -0.118. The molecule has 0 aromatic carbocycles. The molecule has 0 aromatic heterocycles. The van der Waals surface area contributed by atoms with Crippen molar-refractivity contribution in [3.63, 3.8) is 0 Å². The highest BCUT2D eigenvalue weighted by atomic mass is 32.2. The zero-order valence-electron chi connectivity index (χ0n) is 6.99. The van der Waals surface area contributed by atoms with Crippen LogP contribution in [0.3, 0.4) is 0 Å². The Morgan fingerprint density at radius 2 is 2.38 bits per heavy atom. The van der Waals surface area contributed by atoms with Crippen molar-refractivity contribution in [3.05, 3.63) is 0 Å². The van der Waals surface area contributed by atoms with Gasteiger partial charge < -0.3 is 16.9 Å². The highest BCUT2D eigenvalue weighted by Gasteiger charge is 2.01. The van der Waals surface area contributed by atoms with Crippen LogP contribution in [0.15, 0.2) is 5.10 Å². The second-order valence-corrected chi connectivity index (χ2v) is 3.01. The third-order valence-corrected chi connectivity index (χ3v) is 1.85. The molecule has 0 saturated carbocycles. The smallest absolute Gasteiger partial charge is 0.230 e. The fourth-order valence-corrected chi connectivity index (χ4v) is 0.941. The van der Waals surface area contributed by atoms with Crippen molar-refractivity contribution in [1.29, 1.82) is 5.26 Å². The van der Waals surface area contributed by atoms with E-state index in [9.17, 15) is 4.79 Å². The SMILES string of the molecule is N#CCCNC(=O)CSC(N)=NN. The molecule has 6 nitrogen and oxygen atoms in total. The molecule has 0 aliphatic rings. The van der Waals surface area contributed by atoms with Gasteiger partial charge in [0.25, 0.3) is 0 Å². The van der Waals surface area contributed by atoms with Crippen LogP contribution in [-0.4, -0.2) is 23.4 Å². The molecule has 0 fully saturated rings. The predicted molar refractivity (Wildman–Crippen MR) is 51.5 cm³/mol. The van der Waals surface area contributed by atoms with E-state index in [2.05, 4.69) is 10.4 Å². The first-order valence-corrected chi connectivity index (χ1v) is 4.49. The van der Waals surface area contributed by atoms with Gasteiger partial charge in [0.15, 0.2) is 5.17 Å². The van der Waals surface area contributed by atoms with Crippen LogP contribution in [0.25, 0.3) is 0 Å². The number of thioether (sulfide) groups is 1. The molecule has 1 amide bonds. The third kappa shape index (κ3) is 6.96. The second kappa shape index (κ2) is 7.24. The van der Waals surface area contributed by atoms with E-state index in [-0.39, 0.29) is 16.8 Å². The van der Waals surface area contributed by atoms with Crippen molar-refractivity contribution in [3.8, 4) is 6.07 Å². The van der Waals surface area contributed by atoms with Crippen LogP contribution in [0.2, 0.25) is 0 Å². The summed E-state index contributed by atoms with van der Waals surface area (Å²) < 4.78 is 0. The van der Waals surface area contributed by atoms with Crippen LogP contribution in [0.5, 0.6) is 0 Å². The van der Waals surface area contributed by atoms with Crippen molar-refractivity contribution in [1.82, 2.24) is 5.32 Å². The second-order valence-electron chi connectivity index (χ2n) is 2.01. The quantitative estimate of drug-likeness (QED) is 0.176. The van der Waals surface area contributed by atoms with Gasteiger partial charge in [0.1, 0.15) is 0 Å². The summed E-state index contributed by atoms with van der Waals surface area (Å²) in [5, 5.41) is 14.0. The average molecular weight is 201 g/mol. The van der Waals surface area contributed by atoms with E-state index in [1.54, 1.807) is 0 Å². The highest BCUT2D eigenvalue weighted by Crippen LogP contribution is 1.97. The number of carbonyl (C=O) groups is 1. The Bertz CT molecular complexity index is 234. The molecule has 0 rings (SSSR count). The van der Waals surface area contributed by atoms with Crippen LogP contribution in [0, 0.1) is 11.3 Å². The van der Waals surface area contributed by atoms with Crippen LogP contribution in [-0.2, 0) is 4.79 Å². The molecule has 0 unspecified atom stereocenters. The number of nitrogens with zero attached hydrogens (tertiary/aromatic N) is 2. The summed E-state index contributed by atoms with van der Waals surface area (Å²) in [5.74, 6) is 4.82. The standard InChI is InChI=1S/C6H11N5OS/c7-2-1-3-10-5(12)4-13-6(8)11-9/h1,3-4,9H2,(H2,8,11)(H,10,12). The maximum Gasteiger partial charge on any atom is 0.230 e. The number of hydrogen-bond acceptors (Lipinski definition) is 5. The van der Waals surface area contributed by atoms with Crippen molar-refractivity contribution < 1.29 is 4.79 Å². The van der Waals surface area contributed by atoms with Crippen molar-refractivity contribution >= 4 is 22.8 Å². The van der Waals surface area contributed by atoms with E-state index in [0.717, 1.165) is 11.8 Å². The summed E-state index contributed by atoms with van der Waals surface area (Å²) in [7, 11) is 0. The first kappa shape index (κ1) is 11.6. The molecule has 0 aliphatic heterocycles. The van der Waals surface area contributed by atoms with Gasteiger partial charge in [-0.05, 0) is 0 Å². The molecule has 13 heavy (non-hydrogen) atoms. The minimum absolute atomic E-state index is 0.162. The molecule has 0 atom stereocenters. The maximum absolute atomic E-state index is 10.9. The molecule has 7 heteroatoms. The number of amides is 1. The normalized spacial score (nSPS) is 10.5. The summed E-state index contributed by atoms with van der Waals surface area (Å²) >= 11 is 1.05. The number of nitrogens with one attached hydrogen (secondary N) is 1. The number of hydrazone groups is 1. The molecular formula is C6H11N5OS. The number of nitrogens with two attached hydrogens (primary N) is 2. The van der Waals surface area contributed by atoms with Crippen LogP contribution >= 0.6 is 11.8 Å². The monoisotopic (exact) mass is 201 g/mol. The molecule has 0 saturated heterocycles. The van der Waals surface area contributed by atoms with Gasteiger partial charge in [-0.15, -0.1) is 0 Å². The number of hydrogen-bond donors (Lipinski definition) is 3. The molecular weight excluding hydrogens is 190 g/mol. The Morgan fingerprint density at radius 3 is 2.92 bits per heavy atom. The molecule has 5 N–H and O–H groups in total. The fraction of sp³-hybridized carbons (Fsp3) is 0.500. The molecule has 72 valence electrons. The van der Waals surface area contributed by atoms with Gasteiger partial charge in [0.2, 0.25) is 5.91 Å². The Labute approximate surface area is 80.3 Å². The first-order valence-electron chi connectivity index (χ1n) is 3.50. The summed E-state index contributed by atoms with van der Waals surface area (Å²) in [5.41, 5.74) is 5.23. The number of carbonyl (C=O) groups excluding carboxylic acids is 1. The number of amidine groups is 1. The van der Waals surface area contributed by atoms with Gasteiger partial charge in [0.05, 0.1) is 18.2 Å². The number of nitriles is 1. The number of rotatable bonds is 4. The summed E-state index contributed by atoms with van der Waals surface area (Å²) in [6, 6.07) is 1.91. The van der Waals surface area contributed by atoms with Crippen LogP contribution in [0.4, 0.5) is 0 Å². The van der Waals surface area contributed by atoms with E-state index in [1.165, 1.54) is 0 Å².